The monoisotopic (exact) mass is 301 g/mol. The number of nitrogens with zero attached hydrogens (tertiary/aromatic N) is 1. The van der Waals surface area contributed by atoms with Gasteiger partial charge in [0.15, 0.2) is 0 Å². The molecule has 0 spiro atoms. The molecule has 0 unspecified atom stereocenters. The topological polar surface area (TPSA) is 12.5 Å². The number of ether oxygens (including phenoxy) is 1. The Balaban J connectivity index is 2.33. The highest BCUT2D eigenvalue weighted by Gasteiger charge is 2.04. The smallest absolute Gasteiger partial charge is 0.137 e. The van der Waals surface area contributed by atoms with Crippen molar-refractivity contribution in [1.29, 1.82) is 0 Å². The molecule has 0 saturated carbocycles. The van der Waals surface area contributed by atoms with E-state index >= 15 is 0 Å². The standard InChI is InChI=1S/C15H21Cl2NO/c1-4-18(5-2)12(3)7-6-10-19-15-9-8-13(16)11-14(15)17/h8-9,11H,3-7,10H2,1-2H3. The Kier molecular flexibility index (Phi) is 7.11. The van der Waals surface area contributed by atoms with Crippen LogP contribution in [-0.2, 0) is 0 Å². The van der Waals surface area contributed by atoms with Gasteiger partial charge in [-0.15, -0.1) is 0 Å². The van der Waals surface area contributed by atoms with Crippen molar-refractivity contribution in [2.45, 2.75) is 26.7 Å². The third-order valence-electron chi connectivity index (χ3n) is 2.97. The molecule has 0 bridgehead atoms. The van der Waals surface area contributed by atoms with Crippen LogP contribution in [0.2, 0.25) is 10.0 Å². The lowest BCUT2D eigenvalue weighted by Gasteiger charge is -2.23. The minimum Gasteiger partial charge on any atom is -0.492 e. The zero-order chi connectivity index (χ0) is 14.3. The van der Waals surface area contributed by atoms with E-state index in [2.05, 4.69) is 25.3 Å². The Bertz CT molecular complexity index is 417. The van der Waals surface area contributed by atoms with Gasteiger partial charge in [-0.3, -0.25) is 0 Å². The van der Waals surface area contributed by atoms with E-state index in [9.17, 15) is 0 Å². The molecular formula is C15H21Cl2NO. The normalized spacial score (nSPS) is 10.3. The SMILES string of the molecule is C=C(CCCOc1ccc(Cl)cc1Cl)N(CC)CC. The molecule has 1 rings (SSSR count). The van der Waals surface area contributed by atoms with E-state index in [1.54, 1.807) is 18.2 Å². The molecule has 106 valence electrons. The van der Waals surface area contributed by atoms with Crippen LogP contribution in [0.15, 0.2) is 30.5 Å². The maximum Gasteiger partial charge on any atom is 0.137 e. The first-order valence-corrected chi connectivity index (χ1v) is 7.34. The maximum absolute atomic E-state index is 6.03. The second-order valence-corrected chi connectivity index (χ2v) is 5.11. The van der Waals surface area contributed by atoms with Crippen molar-refractivity contribution in [2.75, 3.05) is 19.7 Å². The van der Waals surface area contributed by atoms with Crippen LogP contribution in [0.25, 0.3) is 0 Å². The van der Waals surface area contributed by atoms with Crippen LogP contribution in [0.1, 0.15) is 26.7 Å². The molecule has 0 N–H and O–H groups in total. The summed E-state index contributed by atoms with van der Waals surface area (Å²) in [5.41, 5.74) is 1.16. The summed E-state index contributed by atoms with van der Waals surface area (Å²) in [6.07, 6.45) is 1.86. The fourth-order valence-electron chi connectivity index (χ4n) is 1.88. The summed E-state index contributed by atoms with van der Waals surface area (Å²) in [4.78, 5) is 2.26. The number of hydrogen-bond acceptors (Lipinski definition) is 2. The second-order valence-electron chi connectivity index (χ2n) is 4.27. The Morgan fingerprint density at radius 3 is 2.53 bits per heavy atom. The van der Waals surface area contributed by atoms with Gasteiger partial charge >= 0.3 is 0 Å². The lowest BCUT2D eigenvalue weighted by atomic mass is 10.2. The molecule has 0 heterocycles. The van der Waals surface area contributed by atoms with Gasteiger partial charge in [-0.25, -0.2) is 0 Å². The van der Waals surface area contributed by atoms with Gasteiger partial charge in [-0.2, -0.15) is 0 Å². The highest BCUT2D eigenvalue weighted by molar-refractivity contribution is 6.35. The van der Waals surface area contributed by atoms with Gasteiger partial charge < -0.3 is 9.64 Å². The first-order chi connectivity index (χ1) is 9.08. The maximum atomic E-state index is 6.03. The van der Waals surface area contributed by atoms with Gasteiger partial charge in [-0.05, 0) is 44.9 Å². The molecule has 1 aromatic rings. The van der Waals surface area contributed by atoms with Gasteiger partial charge in [0, 0.05) is 23.8 Å². The minimum atomic E-state index is 0.551. The van der Waals surface area contributed by atoms with E-state index in [1.165, 1.54) is 0 Å². The quantitative estimate of drug-likeness (QED) is 0.626. The average molecular weight is 302 g/mol. The molecule has 0 aliphatic heterocycles. The second kappa shape index (κ2) is 8.34. The van der Waals surface area contributed by atoms with Crippen LogP contribution in [0.3, 0.4) is 0 Å². The van der Waals surface area contributed by atoms with E-state index in [0.717, 1.165) is 31.6 Å². The first-order valence-electron chi connectivity index (χ1n) is 6.59. The van der Waals surface area contributed by atoms with Crippen LogP contribution in [0, 0.1) is 0 Å². The van der Waals surface area contributed by atoms with E-state index in [1.807, 2.05) is 0 Å². The highest BCUT2D eigenvalue weighted by atomic mass is 35.5. The van der Waals surface area contributed by atoms with E-state index in [0.29, 0.717) is 22.4 Å². The predicted octanol–water partition coefficient (Wildman–Crippen LogP) is 5.01. The van der Waals surface area contributed by atoms with Gasteiger partial charge in [0.2, 0.25) is 0 Å². The van der Waals surface area contributed by atoms with Crippen molar-refractivity contribution in [3.8, 4) is 5.75 Å². The summed E-state index contributed by atoms with van der Waals surface area (Å²) in [7, 11) is 0. The van der Waals surface area contributed by atoms with E-state index in [-0.39, 0.29) is 0 Å². The summed E-state index contributed by atoms with van der Waals surface area (Å²) in [5, 5.41) is 1.17. The molecule has 0 aromatic heterocycles. The number of allylic oxidation sites excluding steroid dienone is 1. The van der Waals surface area contributed by atoms with E-state index < -0.39 is 0 Å². The fraction of sp³-hybridized carbons (Fsp3) is 0.467. The van der Waals surface area contributed by atoms with Crippen LogP contribution >= 0.6 is 23.2 Å². The van der Waals surface area contributed by atoms with Gasteiger partial charge in [0.05, 0.1) is 11.6 Å². The number of benzene rings is 1. The number of rotatable bonds is 8. The minimum absolute atomic E-state index is 0.551. The van der Waals surface area contributed by atoms with Crippen molar-refractivity contribution in [1.82, 2.24) is 4.90 Å². The molecule has 0 saturated heterocycles. The Morgan fingerprint density at radius 2 is 1.95 bits per heavy atom. The summed E-state index contributed by atoms with van der Waals surface area (Å²) >= 11 is 11.9. The van der Waals surface area contributed by atoms with Gasteiger partial charge in [0.25, 0.3) is 0 Å². The molecule has 0 fully saturated rings. The Hall–Kier alpha value is -0.860. The predicted molar refractivity (Wildman–Crippen MR) is 83.3 cm³/mol. The highest BCUT2D eigenvalue weighted by Crippen LogP contribution is 2.27. The van der Waals surface area contributed by atoms with Crippen molar-refractivity contribution >= 4 is 23.2 Å². The van der Waals surface area contributed by atoms with Crippen molar-refractivity contribution in [3.05, 3.63) is 40.5 Å². The zero-order valence-electron chi connectivity index (χ0n) is 11.6. The molecule has 0 aliphatic carbocycles. The van der Waals surface area contributed by atoms with Crippen molar-refractivity contribution in [3.63, 3.8) is 0 Å². The lowest BCUT2D eigenvalue weighted by Crippen LogP contribution is -2.21. The van der Waals surface area contributed by atoms with Crippen molar-refractivity contribution in [2.24, 2.45) is 0 Å². The van der Waals surface area contributed by atoms with Gasteiger partial charge in [-0.1, -0.05) is 29.8 Å². The molecular weight excluding hydrogens is 281 g/mol. The third kappa shape index (κ3) is 5.33. The van der Waals surface area contributed by atoms with Crippen LogP contribution in [0.4, 0.5) is 0 Å². The third-order valence-corrected chi connectivity index (χ3v) is 3.50. The summed E-state index contributed by atoms with van der Waals surface area (Å²) in [5.74, 6) is 0.680. The van der Waals surface area contributed by atoms with Gasteiger partial charge in [0.1, 0.15) is 5.75 Å². The molecule has 0 amide bonds. The lowest BCUT2D eigenvalue weighted by molar-refractivity contribution is 0.297. The fourth-order valence-corrected chi connectivity index (χ4v) is 2.34. The Labute approximate surface area is 126 Å². The van der Waals surface area contributed by atoms with Crippen LogP contribution in [-0.4, -0.2) is 24.6 Å². The molecule has 2 nitrogen and oxygen atoms in total. The largest absolute Gasteiger partial charge is 0.492 e. The summed E-state index contributed by atoms with van der Waals surface area (Å²) in [6, 6.07) is 5.26. The molecule has 0 aliphatic rings. The molecule has 1 aromatic carbocycles. The molecule has 19 heavy (non-hydrogen) atoms. The van der Waals surface area contributed by atoms with Crippen LogP contribution in [0.5, 0.6) is 5.75 Å². The van der Waals surface area contributed by atoms with E-state index in [4.69, 9.17) is 27.9 Å². The van der Waals surface area contributed by atoms with Crippen molar-refractivity contribution < 1.29 is 4.74 Å². The molecule has 0 atom stereocenters. The first kappa shape index (κ1) is 16.2. The average Bonchev–Trinajstić information content (AvgIpc) is 2.38. The Morgan fingerprint density at radius 1 is 1.26 bits per heavy atom. The summed E-state index contributed by atoms with van der Waals surface area (Å²) in [6.45, 7) is 11.0. The van der Waals surface area contributed by atoms with Crippen LogP contribution < -0.4 is 4.74 Å². The molecule has 4 heteroatoms. The number of halogens is 2. The zero-order valence-corrected chi connectivity index (χ0v) is 13.1. The molecule has 0 radical (unpaired) electrons. The summed E-state index contributed by atoms with van der Waals surface area (Å²) < 4.78 is 5.64. The number of hydrogen-bond donors (Lipinski definition) is 0.